The van der Waals surface area contributed by atoms with Crippen molar-refractivity contribution < 1.29 is 17.9 Å². The Kier molecular flexibility index (Phi) is 9.18. The lowest BCUT2D eigenvalue weighted by Crippen LogP contribution is -2.39. The van der Waals surface area contributed by atoms with Crippen molar-refractivity contribution in [3.05, 3.63) is 29.8 Å². The molecule has 0 heterocycles. The molecule has 8 heteroatoms. The average molecular weight is 357 g/mol. The van der Waals surface area contributed by atoms with Crippen LogP contribution in [-0.4, -0.2) is 66.8 Å². The van der Waals surface area contributed by atoms with Gasteiger partial charge in [0.25, 0.3) is 0 Å². The molecule has 24 heavy (non-hydrogen) atoms. The number of hydrogen-bond donors (Lipinski definition) is 2. The van der Waals surface area contributed by atoms with E-state index < -0.39 is 9.84 Å². The summed E-state index contributed by atoms with van der Waals surface area (Å²) in [5, 5.41) is 6.33. The summed E-state index contributed by atoms with van der Waals surface area (Å²) >= 11 is 0. The molecule has 7 nitrogen and oxygen atoms in total. The number of ether oxygens (including phenoxy) is 2. The molecule has 0 amide bonds. The Bertz CT molecular complexity index is 600. The Balaban J connectivity index is 2.16. The zero-order valence-electron chi connectivity index (χ0n) is 14.5. The molecule has 0 unspecified atom stereocenters. The van der Waals surface area contributed by atoms with Crippen LogP contribution >= 0.6 is 0 Å². The minimum atomic E-state index is -2.96. The molecule has 0 bridgehead atoms. The number of nitrogens with zero attached hydrogens (tertiary/aromatic N) is 1. The highest BCUT2D eigenvalue weighted by Gasteiger charge is 2.02. The molecule has 0 saturated heterocycles. The first-order valence-electron chi connectivity index (χ1n) is 7.77. The minimum Gasteiger partial charge on any atom is -0.497 e. The van der Waals surface area contributed by atoms with Gasteiger partial charge in [-0.25, -0.2) is 8.42 Å². The van der Waals surface area contributed by atoms with Gasteiger partial charge in [-0.05, 0) is 24.1 Å². The first kappa shape index (κ1) is 20.2. The van der Waals surface area contributed by atoms with Gasteiger partial charge in [-0.1, -0.05) is 12.1 Å². The number of rotatable bonds is 10. The average Bonchev–Trinajstić information content (AvgIpc) is 2.56. The number of nitrogens with one attached hydrogen (secondary N) is 2. The van der Waals surface area contributed by atoms with E-state index in [0.29, 0.717) is 19.1 Å². The molecule has 0 aliphatic carbocycles. The van der Waals surface area contributed by atoms with Gasteiger partial charge < -0.3 is 20.1 Å². The van der Waals surface area contributed by atoms with E-state index in [1.165, 1.54) is 11.8 Å². The van der Waals surface area contributed by atoms with Gasteiger partial charge in [-0.2, -0.15) is 0 Å². The minimum absolute atomic E-state index is 0.0435. The van der Waals surface area contributed by atoms with Gasteiger partial charge in [0.1, 0.15) is 15.6 Å². The number of benzene rings is 1. The van der Waals surface area contributed by atoms with Crippen molar-refractivity contribution in [1.82, 2.24) is 10.6 Å². The van der Waals surface area contributed by atoms with Crippen LogP contribution in [0.4, 0.5) is 0 Å². The van der Waals surface area contributed by atoms with Crippen LogP contribution in [0.1, 0.15) is 5.56 Å². The Morgan fingerprint density at radius 1 is 1.12 bits per heavy atom. The van der Waals surface area contributed by atoms with E-state index in [2.05, 4.69) is 15.6 Å². The summed E-state index contributed by atoms with van der Waals surface area (Å²) in [6.45, 7) is 1.95. The highest BCUT2D eigenvalue weighted by molar-refractivity contribution is 7.90. The normalized spacial score (nSPS) is 12.0. The predicted molar refractivity (Wildman–Crippen MR) is 96.6 cm³/mol. The third-order valence-electron chi connectivity index (χ3n) is 3.23. The number of methoxy groups -OCH3 is 1. The maximum atomic E-state index is 11.0. The van der Waals surface area contributed by atoms with E-state index in [0.717, 1.165) is 18.7 Å². The van der Waals surface area contributed by atoms with Gasteiger partial charge in [0.15, 0.2) is 5.96 Å². The van der Waals surface area contributed by atoms with Crippen molar-refractivity contribution >= 4 is 15.8 Å². The molecule has 0 spiro atoms. The second-order valence-electron chi connectivity index (χ2n) is 5.27. The van der Waals surface area contributed by atoms with Gasteiger partial charge in [0.05, 0.1) is 26.1 Å². The first-order valence-corrected chi connectivity index (χ1v) is 9.83. The molecule has 0 aromatic heterocycles. The second kappa shape index (κ2) is 10.9. The monoisotopic (exact) mass is 357 g/mol. The summed E-state index contributed by atoms with van der Waals surface area (Å²) in [4.78, 5) is 4.13. The van der Waals surface area contributed by atoms with E-state index in [1.54, 1.807) is 14.2 Å². The van der Waals surface area contributed by atoms with Crippen molar-refractivity contribution in [2.75, 3.05) is 52.5 Å². The zero-order chi connectivity index (χ0) is 17.8. The molecule has 2 N–H and O–H groups in total. The molecule has 0 saturated carbocycles. The van der Waals surface area contributed by atoms with Gasteiger partial charge in [0, 0.05) is 26.4 Å². The van der Waals surface area contributed by atoms with E-state index in [4.69, 9.17) is 9.47 Å². The van der Waals surface area contributed by atoms with E-state index >= 15 is 0 Å². The van der Waals surface area contributed by atoms with Crippen LogP contribution in [0.3, 0.4) is 0 Å². The van der Waals surface area contributed by atoms with Crippen molar-refractivity contribution in [2.24, 2.45) is 4.99 Å². The molecule has 0 aliphatic rings. The molecule has 0 fully saturated rings. The number of aliphatic imine (C=N–C) groups is 1. The fourth-order valence-electron chi connectivity index (χ4n) is 1.89. The van der Waals surface area contributed by atoms with E-state index in [-0.39, 0.29) is 12.4 Å². The predicted octanol–water partition coefficient (Wildman–Crippen LogP) is 0.464. The van der Waals surface area contributed by atoms with Crippen LogP contribution in [0.2, 0.25) is 0 Å². The van der Waals surface area contributed by atoms with Crippen LogP contribution in [0.5, 0.6) is 5.75 Å². The van der Waals surface area contributed by atoms with E-state index in [1.807, 2.05) is 24.3 Å². The van der Waals surface area contributed by atoms with Crippen LogP contribution in [0.25, 0.3) is 0 Å². The smallest absolute Gasteiger partial charge is 0.191 e. The molecular weight excluding hydrogens is 330 g/mol. The fraction of sp³-hybridized carbons (Fsp3) is 0.562. The highest BCUT2D eigenvalue weighted by atomic mass is 32.2. The number of hydrogen-bond acceptors (Lipinski definition) is 5. The quantitative estimate of drug-likeness (QED) is 0.359. The summed E-state index contributed by atoms with van der Waals surface area (Å²) < 4.78 is 32.3. The molecule has 0 aliphatic heterocycles. The van der Waals surface area contributed by atoms with Gasteiger partial charge in [0.2, 0.25) is 0 Å². The van der Waals surface area contributed by atoms with Crippen molar-refractivity contribution in [3.8, 4) is 5.75 Å². The topological polar surface area (TPSA) is 89.0 Å². The lowest BCUT2D eigenvalue weighted by molar-refractivity contribution is 0.154. The van der Waals surface area contributed by atoms with Crippen molar-refractivity contribution in [3.63, 3.8) is 0 Å². The van der Waals surface area contributed by atoms with Crippen molar-refractivity contribution in [2.45, 2.75) is 6.42 Å². The van der Waals surface area contributed by atoms with Crippen LogP contribution < -0.4 is 15.4 Å². The molecule has 136 valence electrons. The molecule has 0 atom stereocenters. The summed E-state index contributed by atoms with van der Waals surface area (Å²) in [5.41, 5.74) is 1.21. The molecule has 1 aromatic carbocycles. The van der Waals surface area contributed by atoms with Crippen LogP contribution in [0.15, 0.2) is 29.3 Å². The maximum absolute atomic E-state index is 11.0. The zero-order valence-corrected chi connectivity index (χ0v) is 15.4. The SMILES string of the molecule is CN=C(NCCOCCS(C)(=O)=O)NCCc1ccc(OC)cc1. The van der Waals surface area contributed by atoms with Crippen LogP contribution in [0, 0.1) is 0 Å². The second-order valence-corrected chi connectivity index (χ2v) is 7.53. The number of sulfone groups is 1. The number of guanidine groups is 1. The van der Waals surface area contributed by atoms with Gasteiger partial charge in [-0.15, -0.1) is 0 Å². The molecule has 0 radical (unpaired) electrons. The third-order valence-corrected chi connectivity index (χ3v) is 4.13. The molecular formula is C16H27N3O4S. The van der Waals surface area contributed by atoms with E-state index in [9.17, 15) is 8.42 Å². The van der Waals surface area contributed by atoms with Gasteiger partial charge in [-0.3, -0.25) is 4.99 Å². The summed E-state index contributed by atoms with van der Waals surface area (Å²) in [6.07, 6.45) is 2.07. The Morgan fingerprint density at radius 3 is 2.38 bits per heavy atom. The Labute approximate surface area is 144 Å². The first-order chi connectivity index (χ1) is 11.4. The third kappa shape index (κ3) is 9.36. The fourth-order valence-corrected chi connectivity index (χ4v) is 2.31. The summed E-state index contributed by atoms with van der Waals surface area (Å²) in [7, 11) is 0.387. The van der Waals surface area contributed by atoms with Crippen LogP contribution in [-0.2, 0) is 21.0 Å². The highest BCUT2D eigenvalue weighted by Crippen LogP contribution is 2.11. The van der Waals surface area contributed by atoms with Gasteiger partial charge >= 0.3 is 0 Å². The molecule has 1 rings (SSSR count). The standard InChI is InChI=1S/C16H27N3O4S/c1-17-16(19-10-11-23-12-13-24(3,20)21)18-9-8-14-4-6-15(22-2)7-5-14/h4-7H,8-13H2,1-3H3,(H2,17,18,19). The lowest BCUT2D eigenvalue weighted by Gasteiger charge is -2.12. The largest absolute Gasteiger partial charge is 0.497 e. The Hall–Kier alpha value is -1.80. The summed E-state index contributed by atoms with van der Waals surface area (Å²) in [6, 6.07) is 7.95. The Morgan fingerprint density at radius 2 is 1.79 bits per heavy atom. The lowest BCUT2D eigenvalue weighted by atomic mass is 10.1. The maximum Gasteiger partial charge on any atom is 0.191 e. The van der Waals surface area contributed by atoms with Crippen molar-refractivity contribution in [1.29, 1.82) is 0 Å². The summed E-state index contributed by atoms with van der Waals surface area (Å²) in [5.74, 6) is 1.58. The molecule has 1 aromatic rings.